The number of hydrogen-bond donors (Lipinski definition) is 2. The largest absolute Gasteiger partial charge is 0.481 e. The van der Waals surface area contributed by atoms with Gasteiger partial charge in [-0.2, -0.15) is 0 Å². The number of hydrogen-bond acceptors (Lipinski definition) is 2. The highest BCUT2D eigenvalue weighted by molar-refractivity contribution is 5.67. The summed E-state index contributed by atoms with van der Waals surface area (Å²) >= 11 is 0. The van der Waals surface area contributed by atoms with Gasteiger partial charge in [-0.25, -0.2) is 0 Å². The molecule has 1 aromatic rings. The van der Waals surface area contributed by atoms with Crippen LogP contribution in [-0.4, -0.2) is 17.1 Å². The van der Waals surface area contributed by atoms with Gasteiger partial charge in [0.15, 0.2) is 0 Å². The normalized spacial score (nSPS) is 14.6. The zero-order chi connectivity index (χ0) is 11.4. The highest BCUT2D eigenvalue weighted by Gasteiger charge is 2.17. The quantitative estimate of drug-likeness (QED) is 0.792. The Balaban J connectivity index is 2.71. The third kappa shape index (κ3) is 3.36. The Labute approximate surface area is 89.9 Å². The van der Waals surface area contributed by atoms with E-state index in [0.29, 0.717) is 0 Å². The van der Waals surface area contributed by atoms with Gasteiger partial charge in [0.2, 0.25) is 0 Å². The van der Waals surface area contributed by atoms with Crippen LogP contribution in [0.5, 0.6) is 0 Å². The fourth-order valence-corrected chi connectivity index (χ4v) is 1.50. The highest BCUT2D eigenvalue weighted by atomic mass is 16.4. The van der Waals surface area contributed by atoms with Crippen molar-refractivity contribution >= 4 is 5.97 Å². The van der Waals surface area contributed by atoms with E-state index >= 15 is 0 Å². The Hall–Kier alpha value is -1.35. The van der Waals surface area contributed by atoms with Gasteiger partial charge in [-0.1, -0.05) is 36.8 Å². The molecular weight excluding hydrogens is 190 g/mol. The molecular formula is C12H17NO2. The van der Waals surface area contributed by atoms with Crippen molar-refractivity contribution in [3.8, 4) is 0 Å². The maximum atomic E-state index is 10.5. The lowest BCUT2D eigenvalue weighted by atomic mass is 9.91. The molecule has 82 valence electrons. The van der Waals surface area contributed by atoms with Crippen molar-refractivity contribution in [1.29, 1.82) is 0 Å². The van der Waals surface area contributed by atoms with Crippen molar-refractivity contribution in [2.45, 2.75) is 32.2 Å². The fraction of sp³-hybridized carbons (Fsp3) is 0.417. The molecule has 1 rings (SSSR count). The SMILES string of the molecule is Cc1ccc(C(C)C(N)CC(=O)O)cc1. The lowest BCUT2D eigenvalue weighted by Crippen LogP contribution is -2.29. The second-order valence-corrected chi connectivity index (χ2v) is 3.96. The standard InChI is InChI=1S/C12H17NO2/c1-8-3-5-10(6-4-8)9(2)11(13)7-12(14)15/h3-6,9,11H,7,13H2,1-2H3,(H,14,15). The van der Waals surface area contributed by atoms with Crippen molar-refractivity contribution in [3.05, 3.63) is 35.4 Å². The molecule has 0 spiro atoms. The predicted molar refractivity (Wildman–Crippen MR) is 59.8 cm³/mol. The van der Waals surface area contributed by atoms with E-state index in [1.54, 1.807) is 0 Å². The van der Waals surface area contributed by atoms with E-state index < -0.39 is 5.97 Å². The Bertz CT molecular complexity index is 332. The lowest BCUT2D eigenvalue weighted by molar-refractivity contribution is -0.137. The summed E-state index contributed by atoms with van der Waals surface area (Å²) in [5, 5.41) is 8.64. The summed E-state index contributed by atoms with van der Waals surface area (Å²) in [5.74, 6) is -0.775. The highest BCUT2D eigenvalue weighted by Crippen LogP contribution is 2.20. The maximum absolute atomic E-state index is 10.5. The number of carbonyl (C=O) groups is 1. The number of benzene rings is 1. The molecule has 0 aromatic heterocycles. The number of rotatable bonds is 4. The summed E-state index contributed by atoms with van der Waals surface area (Å²) < 4.78 is 0. The van der Waals surface area contributed by atoms with Crippen molar-refractivity contribution < 1.29 is 9.90 Å². The minimum atomic E-state index is -0.846. The van der Waals surface area contributed by atoms with Crippen LogP contribution in [-0.2, 0) is 4.79 Å². The van der Waals surface area contributed by atoms with Crippen LogP contribution in [0.2, 0.25) is 0 Å². The average Bonchev–Trinajstić information content (AvgIpc) is 2.17. The van der Waals surface area contributed by atoms with Gasteiger partial charge in [-0.3, -0.25) is 4.79 Å². The molecule has 0 aliphatic rings. The topological polar surface area (TPSA) is 63.3 Å². The van der Waals surface area contributed by atoms with Gasteiger partial charge in [0.25, 0.3) is 0 Å². The zero-order valence-electron chi connectivity index (χ0n) is 9.10. The Morgan fingerprint density at radius 2 is 1.93 bits per heavy atom. The van der Waals surface area contributed by atoms with Crippen LogP contribution in [0, 0.1) is 6.92 Å². The summed E-state index contributed by atoms with van der Waals surface area (Å²) in [7, 11) is 0. The van der Waals surface area contributed by atoms with Gasteiger partial charge in [0.1, 0.15) is 0 Å². The van der Waals surface area contributed by atoms with Crippen molar-refractivity contribution in [1.82, 2.24) is 0 Å². The smallest absolute Gasteiger partial charge is 0.304 e. The molecule has 3 heteroatoms. The number of nitrogens with two attached hydrogens (primary N) is 1. The summed E-state index contributed by atoms with van der Waals surface area (Å²) in [4.78, 5) is 10.5. The molecule has 3 nitrogen and oxygen atoms in total. The molecule has 0 saturated heterocycles. The second-order valence-electron chi connectivity index (χ2n) is 3.96. The predicted octanol–water partition coefficient (Wildman–Crippen LogP) is 1.90. The molecule has 0 fully saturated rings. The van der Waals surface area contributed by atoms with Gasteiger partial charge in [-0.05, 0) is 18.4 Å². The van der Waals surface area contributed by atoms with Crippen LogP contribution < -0.4 is 5.73 Å². The van der Waals surface area contributed by atoms with E-state index in [1.807, 2.05) is 38.1 Å². The van der Waals surface area contributed by atoms with Crippen molar-refractivity contribution in [2.75, 3.05) is 0 Å². The minimum Gasteiger partial charge on any atom is -0.481 e. The monoisotopic (exact) mass is 207 g/mol. The van der Waals surface area contributed by atoms with E-state index in [-0.39, 0.29) is 18.4 Å². The molecule has 2 atom stereocenters. The molecule has 2 unspecified atom stereocenters. The Morgan fingerprint density at radius 3 is 2.40 bits per heavy atom. The van der Waals surface area contributed by atoms with Crippen LogP contribution >= 0.6 is 0 Å². The van der Waals surface area contributed by atoms with Gasteiger partial charge >= 0.3 is 5.97 Å². The van der Waals surface area contributed by atoms with Crippen LogP contribution in [0.25, 0.3) is 0 Å². The third-order valence-electron chi connectivity index (χ3n) is 2.66. The van der Waals surface area contributed by atoms with Gasteiger partial charge in [-0.15, -0.1) is 0 Å². The minimum absolute atomic E-state index is 0.00897. The van der Waals surface area contributed by atoms with E-state index in [4.69, 9.17) is 10.8 Å². The van der Waals surface area contributed by atoms with Gasteiger partial charge < -0.3 is 10.8 Å². The summed E-state index contributed by atoms with van der Waals surface area (Å²) in [6.07, 6.45) is 0.00897. The first-order valence-electron chi connectivity index (χ1n) is 5.04. The zero-order valence-corrected chi connectivity index (χ0v) is 9.10. The molecule has 1 aromatic carbocycles. The molecule has 15 heavy (non-hydrogen) atoms. The molecule has 0 aliphatic heterocycles. The molecule has 0 radical (unpaired) electrons. The van der Waals surface area contributed by atoms with Crippen LogP contribution in [0.1, 0.15) is 30.4 Å². The summed E-state index contributed by atoms with van der Waals surface area (Å²) in [6.45, 7) is 3.98. The third-order valence-corrected chi connectivity index (χ3v) is 2.66. The van der Waals surface area contributed by atoms with Crippen LogP contribution in [0.4, 0.5) is 0 Å². The van der Waals surface area contributed by atoms with E-state index in [9.17, 15) is 4.79 Å². The van der Waals surface area contributed by atoms with E-state index in [0.717, 1.165) is 5.56 Å². The first-order chi connectivity index (χ1) is 7.00. The molecule has 3 N–H and O–H groups in total. The average molecular weight is 207 g/mol. The second kappa shape index (κ2) is 4.94. The lowest BCUT2D eigenvalue weighted by Gasteiger charge is -2.18. The molecule has 0 bridgehead atoms. The molecule has 0 saturated carbocycles. The van der Waals surface area contributed by atoms with Gasteiger partial charge in [0, 0.05) is 6.04 Å². The molecule has 0 amide bonds. The van der Waals surface area contributed by atoms with Crippen molar-refractivity contribution in [2.24, 2.45) is 5.73 Å². The van der Waals surface area contributed by atoms with Crippen molar-refractivity contribution in [3.63, 3.8) is 0 Å². The van der Waals surface area contributed by atoms with Crippen LogP contribution in [0.15, 0.2) is 24.3 Å². The first kappa shape index (κ1) is 11.7. The fourth-order valence-electron chi connectivity index (χ4n) is 1.50. The number of aryl methyl sites for hydroxylation is 1. The van der Waals surface area contributed by atoms with Crippen LogP contribution in [0.3, 0.4) is 0 Å². The summed E-state index contributed by atoms with van der Waals surface area (Å²) in [5.41, 5.74) is 8.09. The maximum Gasteiger partial charge on any atom is 0.304 e. The summed E-state index contributed by atoms with van der Waals surface area (Å²) in [6, 6.07) is 7.70. The Kier molecular flexibility index (Phi) is 3.86. The number of carboxylic acids is 1. The number of aliphatic carboxylic acids is 1. The first-order valence-corrected chi connectivity index (χ1v) is 5.04. The molecule has 0 heterocycles. The molecule has 0 aliphatic carbocycles. The van der Waals surface area contributed by atoms with E-state index in [2.05, 4.69) is 0 Å². The van der Waals surface area contributed by atoms with Gasteiger partial charge in [0.05, 0.1) is 6.42 Å². The Morgan fingerprint density at radius 1 is 1.40 bits per heavy atom. The van der Waals surface area contributed by atoms with E-state index in [1.165, 1.54) is 5.56 Å². The number of carboxylic acid groups (broad SMARTS) is 1.